The summed E-state index contributed by atoms with van der Waals surface area (Å²) in [7, 11) is 0. The predicted molar refractivity (Wildman–Crippen MR) is 54.0 cm³/mol. The number of fused-ring (bicyclic) bond motifs is 1. The summed E-state index contributed by atoms with van der Waals surface area (Å²) in [5.41, 5.74) is 7.52. The van der Waals surface area contributed by atoms with Gasteiger partial charge in [-0.2, -0.15) is 5.10 Å². The molecule has 2 aromatic rings. The second-order valence-electron chi connectivity index (χ2n) is 3.17. The number of H-pyrrole nitrogens is 1. The zero-order valence-electron chi connectivity index (χ0n) is 7.87. The number of nitrogens with two attached hydrogens (primary N) is 1. The van der Waals surface area contributed by atoms with Gasteiger partial charge in [0, 0.05) is 5.39 Å². The number of hydrogen-bond acceptors (Lipinski definition) is 2. The Balaban J connectivity index is 2.69. The number of aryl methyl sites for hydroxylation is 1. The van der Waals surface area contributed by atoms with E-state index < -0.39 is 5.91 Å². The van der Waals surface area contributed by atoms with Crippen LogP contribution in [0.3, 0.4) is 0 Å². The van der Waals surface area contributed by atoms with E-state index in [9.17, 15) is 4.79 Å². The number of aromatic nitrogens is 2. The number of carbonyl (C=O) groups is 1. The van der Waals surface area contributed by atoms with Crippen LogP contribution in [0.2, 0.25) is 0 Å². The molecule has 72 valence electrons. The van der Waals surface area contributed by atoms with Crippen molar-refractivity contribution in [2.75, 3.05) is 0 Å². The lowest BCUT2D eigenvalue weighted by Gasteiger charge is -1.96. The van der Waals surface area contributed by atoms with Gasteiger partial charge in [-0.3, -0.25) is 9.89 Å². The predicted octanol–water partition coefficient (Wildman–Crippen LogP) is 1.22. The maximum atomic E-state index is 11.0. The highest BCUT2D eigenvalue weighted by Gasteiger charge is 2.10. The lowest BCUT2D eigenvalue weighted by molar-refractivity contribution is 0.0997. The van der Waals surface area contributed by atoms with Crippen LogP contribution in [0.5, 0.6) is 0 Å². The minimum Gasteiger partial charge on any atom is -0.364 e. The van der Waals surface area contributed by atoms with E-state index in [0.29, 0.717) is 5.69 Å². The fourth-order valence-corrected chi connectivity index (χ4v) is 1.47. The molecule has 4 nitrogen and oxygen atoms in total. The average Bonchev–Trinajstić information content (AvgIpc) is 2.59. The SMILES string of the molecule is CCc1ccc2[nH]nc(C(N)=O)c2c1. The molecule has 14 heavy (non-hydrogen) atoms. The minimum absolute atomic E-state index is 0.315. The van der Waals surface area contributed by atoms with Crippen molar-refractivity contribution < 1.29 is 4.79 Å². The molecule has 2 rings (SSSR count). The summed E-state index contributed by atoms with van der Waals surface area (Å²) in [6.07, 6.45) is 0.930. The van der Waals surface area contributed by atoms with Gasteiger partial charge in [-0.05, 0) is 24.1 Å². The molecule has 0 bridgehead atoms. The van der Waals surface area contributed by atoms with Gasteiger partial charge < -0.3 is 5.73 Å². The molecule has 1 aromatic heterocycles. The molecule has 0 unspecified atom stereocenters. The van der Waals surface area contributed by atoms with Crippen LogP contribution in [0.15, 0.2) is 18.2 Å². The third-order valence-electron chi connectivity index (χ3n) is 2.27. The summed E-state index contributed by atoms with van der Waals surface area (Å²) in [4.78, 5) is 11.0. The normalized spacial score (nSPS) is 10.6. The first kappa shape index (κ1) is 8.74. The number of nitrogens with zero attached hydrogens (tertiary/aromatic N) is 1. The highest BCUT2D eigenvalue weighted by Crippen LogP contribution is 2.17. The van der Waals surface area contributed by atoms with Crippen LogP contribution in [0.1, 0.15) is 23.0 Å². The van der Waals surface area contributed by atoms with Crippen molar-refractivity contribution in [1.29, 1.82) is 0 Å². The number of carbonyl (C=O) groups excluding carboxylic acids is 1. The van der Waals surface area contributed by atoms with Crippen molar-refractivity contribution in [3.05, 3.63) is 29.5 Å². The van der Waals surface area contributed by atoms with E-state index in [1.54, 1.807) is 0 Å². The van der Waals surface area contributed by atoms with E-state index in [1.807, 2.05) is 18.2 Å². The van der Waals surface area contributed by atoms with E-state index in [0.717, 1.165) is 17.3 Å². The molecule has 0 saturated heterocycles. The van der Waals surface area contributed by atoms with Crippen LogP contribution >= 0.6 is 0 Å². The van der Waals surface area contributed by atoms with Crippen LogP contribution in [0, 0.1) is 0 Å². The van der Waals surface area contributed by atoms with Gasteiger partial charge in [0.2, 0.25) is 0 Å². The van der Waals surface area contributed by atoms with Crippen molar-refractivity contribution in [3.63, 3.8) is 0 Å². The Morgan fingerprint density at radius 3 is 3.00 bits per heavy atom. The van der Waals surface area contributed by atoms with Gasteiger partial charge in [0.1, 0.15) is 0 Å². The molecule has 0 aliphatic rings. The third kappa shape index (κ3) is 1.25. The van der Waals surface area contributed by atoms with Crippen LogP contribution < -0.4 is 5.73 Å². The van der Waals surface area contributed by atoms with Crippen molar-refractivity contribution >= 4 is 16.8 Å². The third-order valence-corrected chi connectivity index (χ3v) is 2.27. The second-order valence-corrected chi connectivity index (χ2v) is 3.17. The van der Waals surface area contributed by atoms with E-state index in [4.69, 9.17) is 5.73 Å². The lowest BCUT2D eigenvalue weighted by Crippen LogP contribution is -2.11. The zero-order chi connectivity index (χ0) is 10.1. The van der Waals surface area contributed by atoms with Gasteiger partial charge in [-0.1, -0.05) is 13.0 Å². The Hall–Kier alpha value is -1.84. The summed E-state index contributed by atoms with van der Waals surface area (Å²) in [5.74, 6) is -0.496. The maximum absolute atomic E-state index is 11.0. The molecule has 0 aliphatic heterocycles. The molecule has 3 N–H and O–H groups in total. The van der Waals surface area contributed by atoms with E-state index in [1.165, 1.54) is 5.56 Å². The van der Waals surface area contributed by atoms with E-state index in [2.05, 4.69) is 17.1 Å². The first-order valence-electron chi connectivity index (χ1n) is 4.49. The van der Waals surface area contributed by atoms with Crippen LogP contribution in [-0.2, 0) is 6.42 Å². The number of hydrogen-bond donors (Lipinski definition) is 2. The molecule has 0 atom stereocenters. The van der Waals surface area contributed by atoms with Gasteiger partial charge in [-0.25, -0.2) is 0 Å². The van der Waals surface area contributed by atoms with E-state index in [-0.39, 0.29) is 0 Å². The molecule has 1 heterocycles. The zero-order valence-corrected chi connectivity index (χ0v) is 7.87. The number of amides is 1. The quantitative estimate of drug-likeness (QED) is 0.745. The summed E-state index contributed by atoms with van der Waals surface area (Å²) in [5, 5.41) is 7.44. The van der Waals surface area contributed by atoms with Gasteiger partial charge in [-0.15, -0.1) is 0 Å². The standard InChI is InChI=1S/C10H11N3O/c1-2-6-3-4-8-7(5-6)9(10(11)14)13-12-8/h3-5H,2H2,1H3,(H2,11,14)(H,12,13). The molecule has 0 aliphatic carbocycles. The van der Waals surface area contributed by atoms with E-state index >= 15 is 0 Å². The highest BCUT2D eigenvalue weighted by molar-refractivity contribution is 6.03. The first-order chi connectivity index (χ1) is 6.72. The Bertz CT molecular complexity index is 487. The monoisotopic (exact) mass is 189 g/mol. The van der Waals surface area contributed by atoms with Crippen molar-refractivity contribution in [3.8, 4) is 0 Å². The number of rotatable bonds is 2. The molecule has 0 radical (unpaired) electrons. The summed E-state index contributed by atoms with van der Waals surface area (Å²) < 4.78 is 0. The Morgan fingerprint density at radius 1 is 1.57 bits per heavy atom. The highest BCUT2D eigenvalue weighted by atomic mass is 16.1. The molecule has 0 spiro atoms. The Morgan fingerprint density at radius 2 is 2.36 bits per heavy atom. The Kier molecular flexibility index (Phi) is 1.96. The molecular weight excluding hydrogens is 178 g/mol. The van der Waals surface area contributed by atoms with Crippen molar-refractivity contribution in [2.45, 2.75) is 13.3 Å². The minimum atomic E-state index is -0.496. The average molecular weight is 189 g/mol. The fraction of sp³-hybridized carbons (Fsp3) is 0.200. The fourth-order valence-electron chi connectivity index (χ4n) is 1.47. The number of primary amides is 1. The van der Waals surface area contributed by atoms with Gasteiger partial charge >= 0.3 is 0 Å². The molecular formula is C10H11N3O. The molecule has 4 heteroatoms. The van der Waals surface area contributed by atoms with Crippen molar-refractivity contribution in [1.82, 2.24) is 10.2 Å². The first-order valence-corrected chi connectivity index (χ1v) is 4.49. The van der Waals surface area contributed by atoms with Crippen LogP contribution in [0.25, 0.3) is 10.9 Å². The second kappa shape index (κ2) is 3.14. The molecule has 0 fully saturated rings. The lowest BCUT2D eigenvalue weighted by atomic mass is 10.1. The van der Waals surface area contributed by atoms with Gasteiger partial charge in [0.25, 0.3) is 5.91 Å². The summed E-state index contributed by atoms with van der Waals surface area (Å²) >= 11 is 0. The van der Waals surface area contributed by atoms with Crippen LogP contribution in [0.4, 0.5) is 0 Å². The largest absolute Gasteiger partial charge is 0.364 e. The molecule has 0 saturated carbocycles. The smallest absolute Gasteiger partial charge is 0.269 e. The number of nitrogens with one attached hydrogen (secondary N) is 1. The topological polar surface area (TPSA) is 71.8 Å². The van der Waals surface area contributed by atoms with Gasteiger partial charge in [0.05, 0.1) is 5.52 Å². The summed E-state index contributed by atoms with van der Waals surface area (Å²) in [6, 6.07) is 5.86. The maximum Gasteiger partial charge on any atom is 0.269 e. The number of aromatic amines is 1. The van der Waals surface area contributed by atoms with Crippen molar-refractivity contribution in [2.24, 2.45) is 5.73 Å². The van der Waals surface area contributed by atoms with Crippen LogP contribution in [-0.4, -0.2) is 16.1 Å². The van der Waals surface area contributed by atoms with Gasteiger partial charge in [0.15, 0.2) is 5.69 Å². The summed E-state index contributed by atoms with van der Waals surface area (Å²) in [6.45, 7) is 2.06. The molecule has 1 amide bonds. The molecule has 1 aromatic carbocycles. The number of benzene rings is 1. The Labute approximate surface area is 81.1 Å².